The number of carbonyl (C=O) groups excluding carboxylic acids is 1. The van der Waals surface area contributed by atoms with Crippen molar-refractivity contribution >= 4 is 33.4 Å². The monoisotopic (exact) mass is 316 g/mol. The first kappa shape index (κ1) is 12.9. The topological polar surface area (TPSA) is 32.3 Å². The summed E-state index contributed by atoms with van der Waals surface area (Å²) >= 11 is 9.35. The first-order chi connectivity index (χ1) is 8.06. The van der Waals surface area contributed by atoms with E-state index in [9.17, 15) is 4.79 Å². The lowest BCUT2D eigenvalue weighted by Gasteiger charge is -2.13. The van der Waals surface area contributed by atoms with Crippen LogP contribution in [0.2, 0.25) is 5.02 Å². The maximum Gasteiger partial charge on any atom is 0.253 e. The molecule has 1 fully saturated rings. The number of nitrogens with zero attached hydrogens (tertiary/aromatic N) is 1. The molecule has 1 saturated heterocycles. The smallest absolute Gasteiger partial charge is 0.253 e. The third-order valence-corrected chi connectivity index (χ3v) is 3.72. The van der Waals surface area contributed by atoms with Gasteiger partial charge in [0.05, 0.1) is 10.6 Å². The summed E-state index contributed by atoms with van der Waals surface area (Å²) in [6, 6.07) is 5.52. The van der Waals surface area contributed by atoms with Crippen LogP contribution in [0.25, 0.3) is 0 Å². The summed E-state index contributed by atoms with van der Waals surface area (Å²) in [7, 11) is 2.05. The van der Waals surface area contributed by atoms with Gasteiger partial charge in [-0.25, -0.2) is 0 Å². The van der Waals surface area contributed by atoms with E-state index in [-0.39, 0.29) is 11.9 Å². The highest BCUT2D eigenvalue weighted by atomic mass is 79.9. The lowest BCUT2D eigenvalue weighted by atomic mass is 10.2. The zero-order chi connectivity index (χ0) is 12.4. The van der Waals surface area contributed by atoms with Crippen LogP contribution in [0.15, 0.2) is 22.7 Å². The van der Waals surface area contributed by atoms with Crippen molar-refractivity contribution in [3.05, 3.63) is 33.3 Å². The van der Waals surface area contributed by atoms with Gasteiger partial charge in [0.1, 0.15) is 0 Å². The van der Waals surface area contributed by atoms with E-state index >= 15 is 0 Å². The fourth-order valence-corrected chi connectivity index (χ4v) is 2.55. The Bertz CT molecular complexity index is 439. The predicted octanol–water partition coefficient (Wildman–Crippen LogP) is 2.54. The molecule has 5 heteroatoms. The highest BCUT2D eigenvalue weighted by Gasteiger charge is 2.22. The number of amides is 1. The van der Waals surface area contributed by atoms with Crippen molar-refractivity contribution in [1.82, 2.24) is 10.2 Å². The normalized spacial score (nSPS) is 20.5. The van der Waals surface area contributed by atoms with Gasteiger partial charge in [-0.15, -0.1) is 0 Å². The molecule has 1 aliphatic rings. The zero-order valence-corrected chi connectivity index (χ0v) is 11.9. The molecule has 0 bridgehead atoms. The van der Waals surface area contributed by atoms with Crippen molar-refractivity contribution in [2.45, 2.75) is 12.5 Å². The minimum Gasteiger partial charge on any atom is -0.348 e. The maximum absolute atomic E-state index is 12.0. The Morgan fingerprint density at radius 1 is 1.59 bits per heavy atom. The van der Waals surface area contributed by atoms with Crippen molar-refractivity contribution in [3.8, 4) is 0 Å². The first-order valence-electron chi connectivity index (χ1n) is 5.50. The van der Waals surface area contributed by atoms with Crippen LogP contribution in [0, 0.1) is 0 Å². The van der Waals surface area contributed by atoms with Gasteiger partial charge in [-0.3, -0.25) is 4.79 Å². The van der Waals surface area contributed by atoms with Gasteiger partial charge >= 0.3 is 0 Å². The van der Waals surface area contributed by atoms with Gasteiger partial charge in [0.25, 0.3) is 5.91 Å². The molecule has 3 nitrogen and oxygen atoms in total. The number of benzene rings is 1. The first-order valence-corrected chi connectivity index (χ1v) is 6.68. The lowest BCUT2D eigenvalue weighted by molar-refractivity contribution is 0.0938. The molecule has 0 saturated carbocycles. The minimum absolute atomic E-state index is 0.100. The van der Waals surface area contributed by atoms with Gasteiger partial charge in [-0.2, -0.15) is 0 Å². The summed E-state index contributed by atoms with van der Waals surface area (Å²) in [5, 5.41) is 3.49. The number of rotatable bonds is 2. The summed E-state index contributed by atoms with van der Waals surface area (Å²) in [5.74, 6) is -0.100. The minimum atomic E-state index is -0.100. The largest absolute Gasteiger partial charge is 0.348 e. The van der Waals surface area contributed by atoms with E-state index in [4.69, 9.17) is 11.6 Å². The molecule has 1 aliphatic heterocycles. The summed E-state index contributed by atoms with van der Waals surface area (Å²) in [6.07, 6.45) is 0.994. The van der Waals surface area contributed by atoms with Crippen molar-refractivity contribution in [2.75, 3.05) is 20.1 Å². The second-order valence-electron chi connectivity index (χ2n) is 4.35. The number of nitrogens with one attached hydrogen (secondary N) is 1. The van der Waals surface area contributed by atoms with Crippen LogP contribution in [0.1, 0.15) is 16.8 Å². The van der Waals surface area contributed by atoms with E-state index in [1.165, 1.54) is 0 Å². The molecule has 0 aromatic heterocycles. The molecule has 92 valence electrons. The number of hydrogen-bond acceptors (Lipinski definition) is 2. The third-order valence-electron chi connectivity index (χ3n) is 2.90. The van der Waals surface area contributed by atoms with E-state index in [0.717, 1.165) is 24.0 Å². The molecule has 1 N–H and O–H groups in total. The van der Waals surface area contributed by atoms with E-state index in [2.05, 4.69) is 33.2 Å². The quantitative estimate of drug-likeness (QED) is 0.909. The molecular formula is C12H14BrClN2O. The standard InChI is InChI=1S/C12H14BrClN2O/c1-16-5-4-9(7-16)15-12(17)10-6-8(13)2-3-11(10)14/h2-3,6,9H,4-5,7H2,1H3,(H,15,17). The van der Waals surface area contributed by atoms with E-state index in [1.807, 2.05) is 6.07 Å². The SMILES string of the molecule is CN1CCC(NC(=O)c2cc(Br)ccc2Cl)C1. The van der Waals surface area contributed by atoms with Gasteiger partial charge in [-0.1, -0.05) is 27.5 Å². The van der Waals surface area contributed by atoms with Crippen molar-refractivity contribution in [1.29, 1.82) is 0 Å². The second kappa shape index (κ2) is 5.38. The van der Waals surface area contributed by atoms with Crippen molar-refractivity contribution < 1.29 is 4.79 Å². The number of halogens is 2. The molecule has 1 amide bonds. The van der Waals surface area contributed by atoms with E-state index < -0.39 is 0 Å². The van der Waals surface area contributed by atoms with Crippen molar-refractivity contribution in [3.63, 3.8) is 0 Å². The Morgan fingerprint density at radius 3 is 3.00 bits per heavy atom. The van der Waals surface area contributed by atoms with E-state index in [0.29, 0.717) is 10.6 Å². The highest BCUT2D eigenvalue weighted by Crippen LogP contribution is 2.21. The van der Waals surface area contributed by atoms with Crippen LogP contribution in [-0.2, 0) is 0 Å². The number of hydrogen-bond donors (Lipinski definition) is 1. The van der Waals surface area contributed by atoms with Crippen LogP contribution in [0.5, 0.6) is 0 Å². The molecule has 1 atom stereocenters. The van der Waals surface area contributed by atoms with Gasteiger partial charge in [0.15, 0.2) is 0 Å². The Morgan fingerprint density at radius 2 is 2.35 bits per heavy atom. The fraction of sp³-hybridized carbons (Fsp3) is 0.417. The van der Waals surface area contributed by atoms with Gasteiger partial charge in [0.2, 0.25) is 0 Å². The highest BCUT2D eigenvalue weighted by molar-refractivity contribution is 9.10. The summed E-state index contributed by atoms with van der Waals surface area (Å²) in [6.45, 7) is 1.93. The molecule has 1 aromatic rings. The Balaban J connectivity index is 2.06. The molecule has 1 aromatic carbocycles. The molecule has 0 aliphatic carbocycles. The lowest BCUT2D eigenvalue weighted by Crippen LogP contribution is -2.36. The molecule has 1 heterocycles. The third kappa shape index (κ3) is 3.21. The van der Waals surface area contributed by atoms with Gasteiger partial charge in [0, 0.05) is 17.1 Å². The van der Waals surface area contributed by atoms with Crippen LogP contribution in [0.3, 0.4) is 0 Å². The summed E-state index contributed by atoms with van der Waals surface area (Å²) < 4.78 is 0.857. The van der Waals surface area contributed by atoms with Crippen molar-refractivity contribution in [2.24, 2.45) is 0 Å². The average Bonchev–Trinajstić information content (AvgIpc) is 2.67. The van der Waals surface area contributed by atoms with Crippen LogP contribution in [0.4, 0.5) is 0 Å². The van der Waals surface area contributed by atoms with Gasteiger partial charge in [-0.05, 0) is 38.2 Å². The second-order valence-corrected chi connectivity index (χ2v) is 5.67. The van der Waals surface area contributed by atoms with Crippen LogP contribution >= 0.6 is 27.5 Å². The Hall–Kier alpha value is -0.580. The maximum atomic E-state index is 12.0. The zero-order valence-electron chi connectivity index (χ0n) is 9.54. The molecule has 2 rings (SSSR count). The number of likely N-dealkylation sites (tertiary alicyclic amines) is 1. The van der Waals surface area contributed by atoms with E-state index in [1.54, 1.807) is 12.1 Å². The number of likely N-dealkylation sites (N-methyl/N-ethyl adjacent to an activating group) is 1. The van der Waals surface area contributed by atoms with Crippen LogP contribution < -0.4 is 5.32 Å². The van der Waals surface area contributed by atoms with Gasteiger partial charge < -0.3 is 10.2 Å². The molecule has 17 heavy (non-hydrogen) atoms. The average molecular weight is 318 g/mol. The predicted molar refractivity (Wildman–Crippen MR) is 72.5 cm³/mol. The molecule has 0 spiro atoms. The van der Waals surface area contributed by atoms with Crippen LogP contribution in [-0.4, -0.2) is 37.0 Å². The number of carbonyl (C=O) groups is 1. The molecule has 0 radical (unpaired) electrons. The Kier molecular flexibility index (Phi) is 4.07. The summed E-state index contributed by atoms with van der Waals surface area (Å²) in [5.41, 5.74) is 0.524. The Labute approximate surface area is 114 Å². The fourth-order valence-electron chi connectivity index (χ4n) is 1.99. The summed E-state index contributed by atoms with van der Waals surface area (Å²) in [4.78, 5) is 14.2. The molecule has 1 unspecified atom stereocenters. The molecular weight excluding hydrogens is 304 g/mol.